The van der Waals surface area contributed by atoms with Crippen molar-refractivity contribution in [3.63, 3.8) is 0 Å². The normalized spacial score (nSPS) is 21.1. The van der Waals surface area contributed by atoms with Crippen molar-refractivity contribution < 1.29 is 4.79 Å². The minimum atomic E-state index is 0.0655. The summed E-state index contributed by atoms with van der Waals surface area (Å²) in [5, 5.41) is 4.07. The molecule has 5 heteroatoms. The van der Waals surface area contributed by atoms with E-state index in [1.54, 1.807) is 6.20 Å². The van der Waals surface area contributed by atoms with Crippen molar-refractivity contribution in [2.24, 2.45) is 17.6 Å². The summed E-state index contributed by atoms with van der Waals surface area (Å²) in [6.45, 7) is 2.06. The Kier molecular flexibility index (Phi) is 4.94. The molecule has 0 bridgehead atoms. The Morgan fingerprint density at radius 1 is 1.19 bits per heavy atom. The lowest BCUT2D eigenvalue weighted by Gasteiger charge is -2.30. The number of hydrogen-bond donors (Lipinski definition) is 3. The van der Waals surface area contributed by atoms with Crippen LogP contribution < -0.4 is 11.1 Å². The van der Waals surface area contributed by atoms with Gasteiger partial charge in [0.15, 0.2) is 0 Å². The Bertz CT molecular complexity index is 924. The molecule has 4 rings (SSSR count). The molecule has 1 aromatic carbocycles. The molecule has 0 radical (unpaired) electrons. The first-order valence-electron chi connectivity index (χ1n) is 9.71. The lowest BCUT2D eigenvalue weighted by Crippen LogP contribution is -2.33. The summed E-state index contributed by atoms with van der Waals surface area (Å²) in [5.74, 6) is 0.712. The van der Waals surface area contributed by atoms with Gasteiger partial charge in [0.25, 0.3) is 0 Å². The van der Waals surface area contributed by atoms with Crippen LogP contribution in [0.2, 0.25) is 0 Å². The van der Waals surface area contributed by atoms with Gasteiger partial charge in [-0.15, -0.1) is 0 Å². The van der Waals surface area contributed by atoms with Crippen molar-refractivity contribution in [3.8, 4) is 11.3 Å². The third-order valence-electron chi connectivity index (χ3n) is 5.76. The van der Waals surface area contributed by atoms with Gasteiger partial charge in [0, 0.05) is 29.2 Å². The lowest BCUT2D eigenvalue weighted by atomic mass is 9.79. The molecule has 1 amide bonds. The number of H-pyrrole nitrogens is 1. The van der Waals surface area contributed by atoms with Gasteiger partial charge < -0.3 is 16.0 Å². The first kappa shape index (κ1) is 17.7. The summed E-state index contributed by atoms with van der Waals surface area (Å²) in [5.41, 5.74) is 9.71. The predicted molar refractivity (Wildman–Crippen MR) is 109 cm³/mol. The second kappa shape index (κ2) is 7.53. The van der Waals surface area contributed by atoms with E-state index in [9.17, 15) is 4.79 Å². The molecule has 1 fully saturated rings. The van der Waals surface area contributed by atoms with Gasteiger partial charge in [-0.2, -0.15) is 0 Å². The molecule has 0 saturated heterocycles. The van der Waals surface area contributed by atoms with Crippen molar-refractivity contribution >= 4 is 22.6 Å². The Hall–Kier alpha value is -2.66. The van der Waals surface area contributed by atoms with E-state index in [0.29, 0.717) is 5.92 Å². The fourth-order valence-corrected chi connectivity index (χ4v) is 4.05. The lowest BCUT2D eigenvalue weighted by molar-refractivity contribution is -0.121. The van der Waals surface area contributed by atoms with Gasteiger partial charge >= 0.3 is 0 Å². The molecule has 0 spiro atoms. The van der Waals surface area contributed by atoms with Crippen LogP contribution in [0.3, 0.4) is 0 Å². The smallest absolute Gasteiger partial charge is 0.227 e. The molecule has 0 aliphatic heterocycles. The Labute approximate surface area is 159 Å². The van der Waals surface area contributed by atoms with Gasteiger partial charge in [-0.1, -0.05) is 30.3 Å². The highest BCUT2D eigenvalue weighted by molar-refractivity contribution is 6.02. The molecular weight excluding hydrogens is 336 g/mol. The minimum absolute atomic E-state index is 0.0655. The zero-order valence-electron chi connectivity index (χ0n) is 15.6. The standard InChI is InChI=1S/C22H26N4O/c1-14(23)15-7-9-17(10-8-15)22(27)26-19-11-12-24-21-18(19)13-20(25-21)16-5-3-2-4-6-16/h2-6,11-15,17H,7-10,23H2,1H3,(H2,24,25,26,27)/t14?,15-,17-. The highest BCUT2D eigenvalue weighted by Gasteiger charge is 2.28. The number of nitrogens with zero attached hydrogens (tertiary/aromatic N) is 1. The molecule has 1 unspecified atom stereocenters. The van der Waals surface area contributed by atoms with Crippen LogP contribution in [-0.2, 0) is 4.79 Å². The van der Waals surface area contributed by atoms with Gasteiger partial charge in [0.05, 0.1) is 5.69 Å². The van der Waals surface area contributed by atoms with Crippen LogP contribution in [-0.4, -0.2) is 21.9 Å². The number of fused-ring (bicyclic) bond motifs is 1. The van der Waals surface area contributed by atoms with Crippen molar-refractivity contribution in [1.82, 2.24) is 9.97 Å². The van der Waals surface area contributed by atoms with Crippen LogP contribution in [0.15, 0.2) is 48.7 Å². The Morgan fingerprint density at radius 2 is 1.93 bits per heavy atom. The summed E-state index contributed by atoms with van der Waals surface area (Å²) in [6, 6.07) is 14.3. The van der Waals surface area contributed by atoms with Crippen molar-refractivity contribution in [1.29, 1.82) is 0 Å². The fraction of sp³-hybridized carbons (Fsp3) is 0.364. The number of hydrogen-bond acceptors (Lipinski definition) is 3. The molecule has 1 atom stereocenters. The fourth-order valence-electron chi connectivity index (χ4n) is 4.05. The highest BCUT2D eigenvalue weighted by atomic mass is 16.1. The monoisotopic (exact) mass is 362 g/mol. The Morgan fingerprint density at radius 3 is 2.63 bits per heavy atom. The van der Waals surface area contributed by atoms with Crippen molar-refractivity contribution in [2.45, 2.75) is 38.6 Å². The van der Waals surface area contributed by atoms with Crippen LogP contribution in [0, 0.1) is 11.8 Å². The summed E-state index contributed by atoms with van der Waals surface area (Å²) in [4.78, 5) is 20.6. The average Bonchev–Trinajstić information content (AvgIpc) is 3.14. The number of aromatic amines is 1. The van der Waals surface area contributed by atoms with Crippen LogP contribution in [0.5, 0.6) is 0 Å². The molecule has 27 heavy (non-hydrogen) atoms. The molecule has 1 aliphatic carbocycles. The van der Waals surface area contributed by atoms with E-state index in [0.717, 1.165) is 53.7 Å². The number of carbonyl (C=O) groups excluding carboxylic acids is 1. The van der Waals surface area contributed by atoms with E-state index in [1.807, 2.05) is 24.3 Å². The number of nitrogens with one attached hydrogen (secondary N) is 2. The second-order valence-electron chi connectivity index (χ2n) is 7.63. The molecule has 2 aromatic heterocycles. The van der Waals surface area contributed by atoms with Crippen LogP contribution in [0.4, 0.5) is 5.69 Å². The number of carbonyl (C=O) groups is 1. The van der Waals surface area contributed by atoms with Crippen LogP contribution in [0.1, 0.15) is 32.6 Å². The maximum Gasteiger partial charge on any atom is 0.227 e. The summed E-state index contributed by atoms with van der Waals surface area (Å²) in [7, 11) is 0. The third kappa shape index (κ3) is 3.74. The summed E-state index contributed by atoms with van der Waals surface area (Å²) in [6.07, 6.45) is 5.62. The predicted octanol–water partition coefficient (Wildman–Crippen LogP) is 4.32. The number of aromatic nitrogens is 2. The topological polar surface area (TPSA) is 83.8 Å². The molecule has 2 heterocycles. The maximum absolute atomic E-state index is 12.8. The van der Waals surface area contributed by atoms with Gasteiger partial charge in [-0.05, 0) is 56.2 Å². The van der Waals surface area contributed by atoms with E-state index in [4.69, 9.17) is 5.73 Å². The number of benzene rings is 1. The summed E-state index contributed by atoms with van der Waals surface area (Å²) < 4.78 is 0. The van der Waals surface area contributed by atoms with Gasteiger partial charge in [-0.3, -0.25) is 4.79 Å². The van der Waals surface area contributed by atoms with Gasteiger partial charge in [-0.25, -0.2) is 4.98 Å². The number of pyridine rings is 1. The van der Waals surface area contributed by atoms with Crippen LogP contribution >= 0.6 is 0 Å². The molecule has 3 aromatic rings. The largest absolute Gasteiger partial charge is 0.339 e. The number of anilines is 1. The maximum atomic E-state index is 12.8. The zero-order chi connectivity index (χ0) is 18.8. The molecule has 1 aliphatic rings. The van der Waals surface area contributed by atoms with Crippen molar-refractivity contribution in [3.05, 3.63) is 48.7 Å². The number of nitrogens with two attached hydrogens (primary N) is 1. The Balaban J connectivity index is 1.52. The second-order valence-corrected chi connectivity index (χ2v) is 7.63. The van der Waals surface area contributed by atoms with Gasteiger partial charge in [0.1, 0.15) is 5.65 Å². The first-order valence-corrected chi connectivity index (χ1v) is 9.71. The molecule has 1 saturated carbocycles. The zero-order valence-corrected chi connectivity index (χ0v) is 15.6. The first-order chi connectivity index (χ1) is 13.1. The third-order valence-corrected chi connectivity index (χ3v) is 5.76. The number of amides is 1. The molecule has 5 nitrogen and oxygen atoms in total. The molecule has 140 valence electrons. The minimum Gasteiger partial charge on any atom is -0.339 e. The van der Waals surface area contributed by atoms with E-state index >= 15 is 0 Å². The summed E-state index contributed by atoms with van der Waals surface area (Å²) >= 11 is 0. The van der Waals surface area contributed by atoms with Gasteiger partial charge in [0.2, 0.25) is 5.91 Å². The van der Waals surface area contributed by atoms with Crippen LogP contribution in [0.25, 0.3) is 22.3 Å². The van der Waals surface area contributed by atoms with E-state index in [1.165, 1.54) is 0 Å². The highest BCUT2D eigenvalue weighted by Crippen LogP contribution is 2.32. The number of rotatable bonds is 4. The van der Waals surface area contributed by atoms with E-state index in [-0.39, 0.29) is 17.9 Å². The van der Waals surface area contributed by atoms with Crippen molar-refractivity contribution in [2.75, 3.05) is 5.32 Å². The quantitative estimate of drug-likeness (QED) is 0.646. The molecule has 4 N–H and O–H groups in total. The van der Waals surface area contributed by atoms with E-state index < -0.39 is 0 Å². The average molecular weight is 362 g/mol. The molecular formula is C22H26N4O. The SMILES string of the molecule is CC(N)[C@H]1CC[C@H](C(=O)Nc2ccnc3[nH]c(-c4ccccc4)cc23)CC1. The van der Waals surface area contributed by atoms with E-state index in [2.05, 4.69) is 40.4 Å².